The Morgan fingerprint density at radius 3 is 2.69 bits per heavy atom. The first-order valence-electron chi connectivity index (χ1n) is 5.21. The summed E-state index contributed by atoms with van der Waals surface area (Å²) in [6.45, 7) is 4.52. The fourth-order valence-electron chi connectivity index (χ4n) is 1.29. The van der Waals surface area contributed by atoms with Gasteiger partial charge in [-0.3, -0.25) is 0 Å². The van der Waals surface area contributed by atoms with E-state index in [1.807, 2.05) is 13.8 Å². The van der Waals surface area contributed by atoms with Gasteiger partial charge in [0.15, 0.2) is 0 Å². The van der Waals surface area contributed by atoms with Crippen molar-refractivity contribution in [3.63, 3.8) is 0 Å². The lowest BCUT2D eigenvalue weighted by molar-refractivity contribution is 0.0170. The lowest BCUT2D eigenvalue weighted by Gasteiger charge is -2.08. The zero-order valence-electron chi connectivity index (χ0n) is 9.90. The summed E-state index contributed by atoms with van der Waals surface area (Å²) in [5.41, 5.74) is 6.55. The number of nitrogens with zero attached hydrogens (tertiary/aromatic N) is 1. The summed E-state index contributed by atoms with van der Waals surface area (Å²) in [5, 5.41) is 0. The molecule has 0 aliphatic carbocycles. The van der Waals surface area contributed by atoms with Gasteiger partial charge in [0.2, 0.25) is 0 Å². The zero-order chi connectivity index (χ0) is 12.1. The molecule has 0 spiro atoms. The maximum absolute atomic E-state index is 11.6. The van der Waals surface area contributed by atoms with Gasteiger partial charge in [-0.05, 0) is 19.9 Å². The van der Waals surface area contributed by atoms with Crippen LogP contribution in [0.1, 0.15) is 24.3 Å². The van der Waals surface area contributed by atoms with Gasteiger partial charge in [0, 0.05) is 13.2 Å². The standard InChI is InChI=1S/C11H18N2O3/c1-8(2)15-4-5-16-11(14)10-6-9(12)7-13(10)3/h6-8H,4-5,12H2,1-3H3. The van der Waals surface area contributed by atoms with E-state index in [2.05, 4.69) is 0 Å². The van der Waals surface area contributed by atoms with Gasteiger partial charge < -0.3 is 19.8 Å². The molecule has 0 bridgehead atoms. The minimum absolute atomic E-state index is 0.143. The molecular formula is C11H18N2O3. The maximum Gasteiger partial charge on any atom is 0.355 e. The number of aryl methyl sites for hydroxylation is 1. The van der Waals surface area contributed by atoms with E-state index in [1.165, 1.54) is 0 Å². The maximum atomic E-state index is 11.6. The number of anilines is 1. The van der Waals surface area contributed by atoms with Gasteiger partial charge in [-0.25, -0.2) is 4.79 Å². The third-order valence-corrected chi connectivity index (χ3v) is 2.00. The predicted octanol–water partition coefficient (Wildman–Crippen LogP) is 1.19. The lowest BCUT2D eigenvalue weighted by atomic mass is 10.4. The van der Waals surface area contributed by atoms with Crippen LogP contribution < -0.4 is 5.73 Å². The van der Waals surface area contributed by atoms with Gasteiger partial charge in [0.05, 0.1) is 18.4 Å². The number of rotatable bonds is 5. The number of aromatic nitrogens is 1. The number of nitrogens with two attached hydrogens (primary N) is 1. The van der Waals surface area contributed by atoms with Crippen LogP contribution in [0.15, 0.2) is 12.3 Å². The molecule has 0 fully saturated rings. The van der Waals surface area contributed by atoms with E-state index in [1.54, 1.807) is 23.9 Å². The molecule has 0 saturated carbocycles. The van der Waals surface area contributed by atoms with E-state index in [4.69, 9.17) is 15.2 Å². The smallest absolute Gasteiger partial charge is 0.355 e. The first-order chi connectivity index (χ1) is 7.50. The first-order valence-corrected chi connectivity index (χ1v) is 5.21. The third kappa shape index (κ3) is 3.58. The van der Waals surface area contributed by atoms with Crippen LogP contribution in [0.4, 0.5) is 5.69 Å². The monoisotopic (exact) mass is 226 g/mol. The van der Waals surface area contributed by atoms with Crippen molar-refractivity contribution in [2.75, 3.05) is 18.9 Å². The first kappa shape index (κ1) is 12.6. The number of ether oxygens (including phenoxy) is 2. The Labute approximate surface area is 95.1 Å². The van der Waals surface area contributed by atoms with Crippen molar-refractivity contribution in [3.8, 4) is 0 Å². The molecule has 0 radical (unpaired) electrons. The lowest BCUT2D eigenvalue weighted by Crippen LogP contribution is -2.15. The second kappa shape index (κ2) is 5.55. The Bertz CT molecular complexity index is 358. The average molecular weight is 226 g/mol. The van der Waals surface area contributed by atoms with Crippen molar-refractivity contribution in [2.24, 2.45) is 7.05 Å². The molecule has 0 aromatic carbocycles. The number of esters is 1. The van der Waals surface area contributed by atoms with Crippen molar-refractivity contribution >= 4 is 11.7 Å². The molecule has 0 saturated heterocycles. The number of nitrogen functional groups attached to an aromatic ring is 1. The summed E-state index contributed by atoms with van der Waals surface area (Å²) in [4.78, 5) is 11.6. The summed E-state index contributed by atoms with van der Waals surface area (Å²) >= 11 is 0. The van der Waals surface area contributed by atoms with E-state index in [0.717, 1.165) is 0 Å². The Morgan fingerprint density at radius 1 is 1.50 bits per heavy atom. The largest absolute Gasteiger partial charge is 0.459 e. The van der Waals surface area contributed by atoms with Gasteiger partial charge in [0.1, 0.15) is 12.3 Å². The van der Waals surface area contributed by atoms with E-state index in [9.17, 15) is 4.79 Å². The molecular weight excluding hydrogens is 208 g/mol. The topological polar surface area (TPSA) is 66.5 Å². The number of hydrogen-bond donors (Lipinski definition) is 1. The molecule has 1 rings (SSSR count). The Morgan fingerprint density at radius 2 is 2.19 bits per heavy atom. The van der Waals surface area contributed by atoms with E-state index in [0.29, 0.717) is 18.0 Å². The highest BCUT2D eigenvalue weighted by molar-refractivity contribution is 5.89. The van der Waals surface area contributed by atoms with Crippen LogP contribution >= 0.6 is 0 Å². The molecule has 1 aromatic rings. The van der Waals surface area contributed by atoms with Crippen LogP contribution in [-0.2, 0) is 16.5 Å². The summed E-state index contributed by atoms with van der Waals surface area (Å²) in [5.74, 6) is -0.383. The molecule has 0 unspecified atom stereocenters. The molecule has 1 heterocycles. The van der Waals surface area contributed by atoms with Gasteiger partial charge in [-0.1, -0.05) is 0 Å². The van der Waals surface area contributed by atoms with Gasteiger partial charge in [-0.2, -0.15) is 0 Å². The van der Waals surface area contributed by atoms with E-state index >= 15 is 0 Å². The molecule has 0 amide bonds. The highest BCUT2D eigenvalue weighted by Crippen LogP contribution is 2.09. The van der Waals surface area contributed by atoms with Gasteiger partial charge in [0.25, 0.3) is 0 Å². The molecule has 0 aliphatic heterocycles. The van der Waals surface area contributed by atoms with Crippen LogP contribution in [0.5, 0.6) is 0 Å². The second-order valence-corrected chi connectivity index (χ2v) is 3.83. The van der Waals surface area contributed by atoms with Gasteiger partial charge >= 0.3 is 5.97 Å². The summed E-state index contributed by atoms with van der Waals surface area (Å²) in [6.07, 6.45) is 1.81. The Balaban J connectivity index is 2.38. The van der Waals surface area contributed by atoms with E-state index in [-0.39, 0.29) is 18.7 Å². The number of carbonyl (C=O) groups excluding carboxylic acids is 1. The SMILES string of the molecule is CC(C)OCCOC(=O)c1cc(N)cn1C. The summed E-state index contributed by atoms with van der Waals surface area (Å²) in [7, 11) is 1.75. The number of hydrogen-bond acceptors (Lipinski definition) is 4. The molecule has 0 aliphatic rings. The molecule has 5 nitrogen and oxygen atoms in total. The van der Waals surface area contributed by atoms with Crippen molar-refractivity contribution in [1.29, 1.82) is 0 Å². The predicted molar refractivity (Wildman–Crippen MR) is 61.2 cm³/mol. The molecule has 1 aromatic heterocycles. The Hall–Kier alpha value is -1.49. The van der Waals surface area contributed by atoms with Crippen molar-refractivity contribution < 1.29 is 14.3 Å². The Kier molecular flexibility index (Phi) is 4.37. The highest BCUT2D eigenvalue weighted by Gasteiger charge is 2.11. The van der Waals surface area contributed by atoms with E-state index < -0.39 is 0 Å². The molecule has 0 atom stereocenters. The molecule has 16 heavy (non-hydrogen) atoms. The van der Waals surface area contributed by atoms with Crippen LogP contribution in [0.25, 0.3) is 0 Å². The number of carbonyl (C=O) groups is 1. The van der Waals surface area contributed by atoms with Crippen LogP contribution in [-0.4, -0.2) is 29.9 Å². The molecule has 90 valence electrons. The zero-order valence-corrected chi connectivity index (χ0v) is 9.90. The minimum Gasteiger partial charge on any atom is -0.459 e. The fourth-order valence-corrected chi connectivity index (χ4v) is 1.29. The average Bonchev–Trinajstić information content (AvgIpc) is 2.52. The quantitative estimate of drug-likeness (QED) is 0.605. The summed E-state index contributed by atoms with van der Waals surface area (Å²) < 4.78 is 11.9. The fraction of sp³-hybridized carbons (Fsp3) is 0.545. The molecule has 5 heteroatoms. The van der Waals surface area contributed by atoms with Crippen LogP contribution in [0, 0.1) is 0 Å². The summed E-state index contributed by atoms with van der Waals surface area (Å²) in [6, 6.07) is 1.59. The van der Waals surface area contributed by atoms with Crippen LogP contribution in [0.2, 0.25) is 0 Å². The highest BCUT2D eigenvalue weighted by atomic mass is 16.6. The van der Waals surface area contributed by atoms with Crippen molar-refractivity contribution in [1.82, 2.24) is 4.57 Å². The van der Waals surface area contributed by atoms with Crippen molar-refractivity contribution in [2.45, 2.75) is 20.0 Å². The third-order valence-electron chi connectivity index (χ3n) is 2.00. The van der Waals surface area contributed by atoms with Gasteiger partial charge in [-0.15, -0.1) is 0 Å². The second-order valence-electron chi connectivity index (χ2n) is 3.83. The van der Waals surface area contributed by atoms with Crippen molar-refractivity contribution in [3.05, 3.63) is 18.0 Å². The van der Waals surface area contributed by atoms with Crippen LogP contribution in [0.3, 0.4) is 0 Å². The molecule has 2 N–H and O–H groups in total. The minimum atomic E-state index is -0.383. The normalized spacial score (nSPS) is 10.8.